The molecule has 0 aromatic carbocycles. The van der Waals surface area contributed by atoms with Gasteiger partial charge in [-0.05, 0) is 65.0 Å². The minimum Gasteiger partial charge on any atom is -0.481 e. The number of fused-ring (bicyclic) bond motifs is 1. The van der Waals surface area contributed by atoms with Crippen LogP contribution in [0.4, 0.5) is 0 Å². The summed E-state index contributed by atoms with van der Waals surface area (Å²) in [6, 6.07) is 0.848. The fourth-order valence-electron chi connectivity index (χ4n) is 3.77. The molecule has 110 valence electrons. The van der Waals surface area contributed by atoms with Gasteiger partial charge < -0.3 is 10.0 Å². The van der Waals surface area contributed by atoms with Gasteiger partial charge in [-0.25, -0.2) is 0 Å². The van der Waals surface area contributed by atoms with E-state index in [1.54, 1.807) is 0 Å². The van der Waals surface area contributed by atoms with Crippen LogP contribution in [0.15, 0.2) is 0 Å². The predicted octanol–water partition coefficient (Wildman–Crippen LogP) is 3.53. The van der Waals surface area contributed by atoms with Crippen molar-refractivity contribution in [2.75, 3.05) is 13.1 Å². The lowest BCUT2D eigenvalue weighted by Gasteiger charge is -2.31. The fraction of sp³-hybridized carbons (Fsp3) is 0.938. The molecule has 0 aromatic rings. The first-order valence-electron chi connectivity index (χ1n) is 7.98. The summed E-state index contributed by atoms with van der Waals surface area (Å²) in [5, 5.41) is 9.10. The summed E-state index contributed by atoms with van der Waals surface area (Å²) in [6.45, 7) is 6.12. The fourth-order valence-corrected chi connectivity index (χ4v) is 3.77. The van der Waals surface area contributed by atoms with Crippen LogP contribution in [-0.2, 0) is 4.79 Å². The second-order valence-electron chi connectivity index (χ2n) is 7.08. The number of unbranched alkanes of at least 4 members (excludes halogenated alkanes) is 1. The molecule has 1 N–H and O–H groups in total. The zero-order chi connectivity index (χ0) is 13.9. The van der Waals surface area contributed by atoms with E-state index in [9.17, 15) is 4.79 Å². The molecule has 0 bridgehead atoms. The van der Waals surface area contributed by atoms with E-state index in [1.165, 1.54) is 45.2 Å². The molecule has 0 aromatic heterocycles. The average Bonchev–Trinajstić information content (AvgIpc) is 2.78. The van der Waals surface area contributed by atoms with Gasteiger partial charge in [0.05, 0.1) is 5.41 Å². The van der Waals surface area contributed by atoms with Crippen molar-refractivity contribution in [1.29, 1.82) is 0 Å². The van der Waals surface area contributed by atoms with Crippen LogP contribution in [0.1, 0.15) is 65.2 Å². The third-order valence-corrected chi connectivity index (χ3v) is 5.20. The molecule has 0 radical (unpaired) electrons. The number of hydrogen-bond acceptors (Lipinski definition) is 2. The summed E-state index contributed by atoms with van der Waals surface area (Å²) in [4.78, 5) is 13.7. The molecule has 19 heavy (non-hydrogen) atoms. The Balaban J connectivity index is 1.67. The van der Waals surface area contributed by atoms with Crippen molar-refractivity contribution in [2.24, 2.45) is 11.3 Å². The number of rotatable bonds is 6. The van der Waals surface area contributed by atoms with Crippen LogP contribution in [0.5, 0.6) is 0 Å². The second kappa shape index (κ2) is 6.25. The highest BCUT2D eigenvalue weighted by atomic mass is 16.4. The standard InChI is InChI=1S/C16H29NO2/c1-16(2,15(18)19)10-5-6-11-17-12-9-13-7-3-4-8-14(13)17/h13-14H,3-12H2,1-2H3,(H,18,19). The highest BCUT2D eigenvalue weighted by molar-refractivity contribution is 5.73. The van der Waals surface area contributed by atoms with Crippen molar-refractivity contribution in [2.45, 2.75) is 71.3 Å². The molecule has 2 rings (SSSR count). The molecular formula is C16H29NO2. The lowest BCUT2D eigenvalue weighted by atomic mass is 9.85. The maximum Gasteiger partial charge on any atom is 0.309 e. The number of likely N-dealkylation sites (tertiary alicyclic amines) is 1. The Morgan fingerprint density at radius 1 is 1.21 bits per heavy atom. The Bertz CT molecular complexity index is 314. The number of aliphatic carboxylic acids is 1. The second-order valence-corrected chi connectivity index (χ2v) is 7.08. The average molecular weight is 267 g/mol. The Morgan fingerprint density at radius 3 is 2.68 bits per heavy atom. The molecule has 2 atom stereocenters. The van der Waals surface area contributed by atoms with Crippen molar-refractivity contribution in [1.82, 2.24) is 4.90 Å². The zero-order valence-electron chi connectivity index (χ0n) is 12.5. The van der Waals surface area contributed by atoms with Gasteiger partial charge in [-0.2, -0.15) is 0 Å². The van der Waals surface area contributed by atoms with Gasteiger partial charge in [-0.15, -0.1) is 0 Å². The molecule has 1 aliphatic carbocycles. The van der Waals surface area contributed by atoms with E-state index in [-0.39, 0.29) is 0 Å². The van der Waals surface area contributed by atoms with Crippen LogP contribution in [0.3, 0.4) is 0 Å². The van der Waals surface area contributed by atoms with Crippen molar-refractivity contribution in [3.05, 3.63) is 0 Å². The summed E-state index contributed by atoms with van der Waals surface area (Å²) < 4.78 is 0. The molecule has 1 aliphatic heterocycles. The van der Waals surface area contributed by atoms with Crippen LogP contribution in [0, 0.1) is 11.3 Å². The van der Waals surface area contributed by atoms with Crippen LogP contribution >= 0.6 is 0 Å². The van der Waals surface area contributed by atoms with E-state index in [4.69, 9.17) is 5.11 Å². The summed E-state index contributed by atoms with van der Waals surface area (Å²) >= 11 is 0. The zero-order valence-corrected chi connectivity index (χ0v) is 12.5. The first kappa shape index (κ1) is 14.8. The summed E-state index contributed by atoms with van der Waals surface area (Å²) in [6.07, 6.45) is 10.0. The Kier molecular flexibility index (Phi) is 4.88. The van der Waals surface area contributed by atoms with E-state index >= 15 is 0 Å². The molecule has 2 unspecified atom stereocenters. The van der Waals surface area contributed by atoms with Gasteiger partial charge in [0.15, 0.2) is 0 Å². The van der Waals surface area contributed by atoms with Crippen LogP contribution in [-0.4, -0.2) is 35.1 Å². The topological polar surface area (TPSA) is 40.5 Å². The van der Waals surface area contributed by atoms with Gasteiger partial charge in [0, 0.05) is 6.04 Å². The SMILES string of the molecule is CC(C)(CCCCN1CCC2CCCCC21)C(=O)O. The molecule has 1 saturated carbocycles. The molecule has 1 saturated heterocycles. The van der Waals surface area contributed by atoms with Crippen molar-refractivity contribution < 1.29 is 9.90 Å². The van der Waals surface area contributed by atoms with Gasteiger partial charge in [0.25, 0.3) is 0 Å². The van der Waals surface area contributed by atoms with Crippen molar-refractivity contribution in [3.8, 4) is 0 Å². The van der Waals surface area contributed by atoms with Gasteiger partial charge in [0.2, 0.25) is 0 Å². The first-order chi connectivity index (χ1) is 9.00. The number of nitrogens with zero attached hydrogens (tertiary/aromatic N) is 1. The van der Waals surface area contributed by atoms with Gasteiger partial charge in [-0.1, -0.05) is 19.3 Å². The highest BCUT2D eigenvalue weighted by Crippen LogP contribution is 2.36. The van der Waals surface area contributed by atoms with E-state index in [0.29, 0.717) is 0 Å². The maximum atomic E-state index is 11.0. The maximum absolute atomic E-state index is 11.0. The lowest BCUT2D eigenvalue weighted by Crippen LogP contribution is -2.35. The first-order valence-corrected chi connectivity index (χ1v) is 7.98. The van der Waals surface area contributed by atoms with Gasteiger partial charge >= 0.3 is 5.97 Å². The monoisotopic (exact) mass is 267 g/mol. The van der Waals surface area contributed by atoms with Crippen molar-refractivity contribution >= 4 is 5.97 Å². The molecule has 0 amide bonds. The normalized spacial score (nSPS) is 28.3. The number of carbonyl (C=O) groups is 1. The molecule has 3 heteroatoms. The van der Waals surface area contributed by atoms with E-state index in [0.717, 1.165) is 31.2 Å². The minimum atomic E-state index is -0.666. The summed E-state index contributed by atoms with van der Waals surface area (Å²) in [5.41, 5.74) is -0.557. The Hall–Kier alpha value is -0.570. The van der Waals surface area contributed by atoms with E-state index in [2.05, 4.69) is 4.90 Å². The van der Waals surface area contributed by atoms with E-state index < -0.39 is 11.4 Å². The number of hydrogen-bond donors (Lipinski definition) is 1. The highest BCUT2D eigenvalue weighted by Gasteiger charge is 2.35. The van der Waals surface area contributed by atoms with E-state index in [1.807, 2.05) is 13.8 Å². The third kappa shape index (κ3) is 3.71. The molecule has 2 fully saturated rings. The van der Waals surface area contributed by atoms with Crippen LogP contribution < -0.4 is 0 Å². The summed E-state index contributed by atoms with van der Waals surface area (Å²) in [5.74, 6) is 0.297. The third-order valence-electron chi connectivity index (χ3n) is 5.20. The lowest BCUT2D eigenvalue weighted by molar-refractivity contribution is -0.147. The molecule has 2 aliphatic rings. The molecule has 3 nitrogen and oxygen atoms in total. The number of carboxylic acid groups (broad SMARTS) is 1. The predicted molar refractivity (Wildman–Crippen MR) is 77.2 cm³/mol. The molecule has 0 spiro atoms. The quantitative estimate of drug-likeness (QED) is 0.748. The Morgan fingerprint density at radius 2 is 1.95 bits per heavy atom. The number of carboxylic acids is 1. The van der Waals surface area contributed by atoms with Gasteiger partial charge in [0.1, 0.15) is 0 Å². The Labute approximate surface area is 117 Å². The van der Waals surface area contributed by atoms with Crippen molar-refractivity contribution in [3.63, 3.8) is 0 Å². The van der Waals surface area contributed by atoms with Crippen LogP contribution in [0.25, 0.3) is 0 Å². The minimum absolute atomic E-state index is 0.557. The molecule has 1 heterocycles. The smallest absolute Gasteiger partial charge is 0.309 e. The largest absolute Gasteiger partial charge is 0.481 e. The summed E-state index contributed by atoms with van der Waals surface area (Å²) in [7, 11) is 0. The molecular weight excluding hydrogens is 238 g/mol. The van der Waals surface area contributed by atoms with Gasteiger partial charge in [-0.3, -0.25) is 4.79 Å². The van der Waals surface area contributed by atoms with Crippen LogP contribution in [0.2, 0.25) is 0 Å².